The number of hydrogen-bond acceptors (Lipinski definition) is 1. The maximum atomic E-state index is 14.1. The van der Waals surface area contributed by atoms with Gasteiger partial charge in [-0.15, -0.1) is 0 Å². The van der Waals surface area contributed by atoms with Crippen LogP contribution in [0.4, 0.5) is 8.78 Å². The largest absolute Gasteiger partial charge is 0.306 e. The first kappa shape index (κ1) is 15.6. The Bertz CT molecular complexity index is 602. The molecule has 0 fully saturated rings. The van der Waals surface area contributed by atoms with Crippen molar-refractivity contribution in [2.75, 3.05) is 6.54 Å². The van der Waals surface area contributed by atoms with Crippen molar-refractivity contribution in [2.24, 2.45) is 0 Å². The molecule has 0 saturated heterocycles. The topological polar surface area (TPSA) is 12.0 Å². The Morgan fingerprint density at radius 3 is 2.24 bits per heavy atom. The first-order valence-electron chi connectivity index (χ1n) is 7.29. The molecule has 21 heavy (non-hydrogen) atoms. The Balaban J connectivity index is 2.49. The van der Waals surface area contributed by atoms with E-state index in [4.69, 9.17) is 0 Å². The van der Waals surface area contributed by atoms with Crippen molar-refractivity contribution < 1.29 is 8.78 Å². The van der Waals surface area contributed by atoms with E-state index >= 15 is 0 Å². The van der Waals surface area contributed by atoms with Crippen molar-refractivity contribution in [2.45, 2.75) is 33.2 Å². The molecule has 2 rings (SSSR count). The van der Waals surface area contributed by atoms with Crippen LogP contribution >= 0.6 is 0 Å². The van der Waals surface area contributed by atoms with Crippen molar-refractivity contribution in [1.82, 2.24) is 5.32 Å². The Hall–Kier alpha value is -1.74. The van der Waals surface area contributed by atoms with E-state index in [0.717, 1.165) is 17.5 Å². The molecule has 1 nitrogen and oxygen atoms in total. The van der Waals surface area contributed by atoms with Gasteiger partial charge in [-0.25, -0.2) is 8.78 Å². The lowest BCUT2D eigenvalue weighted by molar-refractivity contribution is 0.503. The van der Waals surface area contributed by atoms with Crippen molar-refractivity contribution >= 4 is 0 Å². The van der Waals surface area contributed by atoms with E-state index in [9.17, 15) is 8.78 Å². The zero-order valence-corrected chi connectivity index (χ0v) is 12.7. The molecule has 1 unspecified atom stereocenters. The number of rotatable bonds is 5. The molecule has 2 aromatic carbocycles. The molecule has 1 N–H and O–H groups in total. The van der Waals surface area contributed by atoms with Gasteiger partial charge in [0.2, 0.25) is 0 Å². The number of benzene rings is 2. The molecule has 0 heterocycles. The van der Waals surface area contributed by atoms with Crippen LogP contribution in [0.5, 0.6) is 0 Å². The fraction of sp³-hybridized carbons (Fsp3) is 0.333. The standard InChI is InChI=1S/C18H21F2N/c1-4-10-21-18(14-9-8-12(2)13(3)11-14)17-15(19)6-5-7-16(17)20/h5-9,11,18,21H,4,10H2,1-3H3. The second kappa shape index (κ2) is 6.81. The molecule has 0 bridgehead atoms. The van der Waals surface area contributed by atoms with Crippen LogP contribution in [0.3, 0.4) is 0 Å². The van der Waals surface area contributed by atoms with Crippen LogP contribution in [-0.2, 0) is 0 Å². The lowest BCUT2D eigenvalue weighted by Gasteiger charge is -2.21. The van der Waals surface area contributed by atoms with Crippen molar-refractivity contribution in [1.29, 1.82) is 0 Å². The second-order valence-corrected chi connectivity index (χ2v) is 5.37. The van der Waals surface area contributed by atoms with Gasteiger partial charge in [-0.3, -0.25) is 0 Å². The van der Waals surface area contributed by atoms with E-state index in [0.29, 0.717) is 6.54 Å². The Morgan fingerprint density at radius 2 is 1.67 bits per heavy atom. The normalized spacial score (nSPS) is 12.4. The lowest BCUT2D eigenvalue weighted by Crippen LogP contribution is -2.25. The summed E-state index contributed by atoms with van der Waals surface area (Å²) < 4.78 is 28.2. The zero-order chi connectivity index (χ0) is 15.4. The molecular weight excluding hydrogens is 268 g/mol. The summed E-state index contributed by atoms with van der Waals surface area (Å²) in [6.07, 6.45) is 0.900. The van der Waals surface area contributed by atoms with Crippen LogP contribution in [0.25, 0.3) is 0 Å². The van der Waals surface area contributed by atoms with Crippen LogP contribution in [0, 0.1) is 25.5 Å². The van der Waals surface area contributed by atoms with Crippen molar-refractivity contribution in [3.8, 4) is 0 Å². The molecule has 112 valence electrons. The van der Waals surface area contributed by atoms with Crippen molar-refractivity contribution in [3.63, 3.8) is 0 Å². The van der Waals surface area contributed by atoms with Gasteiger partial charge in [0.15, 0.2) is 0 Å². The highest BCUT2D eigenvalue weighted by molar-refractivity contribution is 5.38. The number of halogens is 2. The zero-order valence-electron chi connectivity index (χ0n) is 12.7. The van der Waals surface area contributed by atoms with E-state index < -0.39 is 17.7 Å². The summed E-state index contributed by atoms with van der Waals surface area (Å²) in [5, 5.41) is 3.25. The predicted molar refractivity (Wildman–Crippen MR) is 82.4 cm³/mol. The molecule has 0 amide bonds. The Kier molecular flexibility index (Phi) is 5.07. The summed E-state index contributed by atoms with van der Waals surface area (Å²) in [4.78, 5) is 0. The van der Waals surface area contributed by atoms with Gasteiger partial charge in [-0.05, 0) is 55.6 Å². The van der Waals surface area contributed by atoms with Gasteiger partial charge in [0.1, 0.15) is 11.6 Å². The SMILES string of the molecule is CCCNC(c1ccc(C)c(C)c1)c1c(F)cccc1F. The molecule has 0 spiro atoms. The summed E-state index contributed by atoms with van der Waals surface area (Å²) in [6.45, 7) is 6.76. The first-order valence-corrected chi connectivity index (χ1v) is 7.29. The average Bonchev–Trinajstić information content (AvgIpc) is 2.45. The first-order chi connectivity index (χ1) is 10.0. The average molecular weight is 289 g/mol. The maximum absolute atomic E-state index is 14.1. The number of hydrogen-bond donors (Lipinski definition) is 1. The highest BCUT2D eigenvalue weighted by Gasteiger charge is 2.21. The third-order valence-corrected chi connectivity index (χ3v) is 3.75. The third kappa shape index (κ3) is 3.48. The van der Waals surface area contributed by atoms with Crippen LogP contribution in [0.15, 0.2) is 36.4 Å². The summed E-state index contributed by atoms with van der Waals surface area (Å²) in [5.74, 6) is -1.02. The maximum Gasteiger partial charge on any atom is 0.131 e. The molecule has 0 aliphatic rings. The molecule has 0 aliphatic carbocycles. The molecule has 0 saturated carbocycles. The van der Waals surface area contributed by atoms with E-state index in [-0.39, 0.29) is 5.56 Å². The van der Waals surface area contributed by atoms with Gasteiger partial charge in [0, 0.05) is 5.56 Å². The molecule has 3 heteroatoms. The Labute approximate surface area is 125 Å². The number of nitrogens with one attached hydrogen (secondary N) is 1. The van der Waals surface area contributed by atoms with Gasteiger partial charge < -0.3 is 5.32 Å². The van der Waals surface area contributed by atoms with E-state index in [2.05, 4.69) is 5.32 Å². The third-order valence-electron chi connectivity index (χ3n) is 3.75. The highest BCUT2D eigenvalue weighted by Crippen LogP contribution is 2.28. The van der Waals surface area contributed by atoms with Crippen LogP contribution in [0.2, 0.25) is 0 Å². The van der Waals surface area contributed by atoms with Crippen LogP contribution < -0.4 is 5.32 Å². The van der Waals surface area contributed by atoms with E-state index in [1.807, 2.05) is 39.0 Å². The van der Waals surface area contributed by atoms with Crippen LogP contribution in [-0.4, -0.2) is 6.54 Å². The number of aryl methyl sites for hydroxylation is 2. The predicted octanol–water partition coefficient (Wildman–Crippen LogP) is 4.67. The van der Waals surface area contributed by atoms with Gasteiger partial charge in [-0.2, -0.15) is 0 Å². The summed E-state index contributed by atoms with van der Waals surface area (Å²) in [7, 11) is 0. The lowest BCUT2D eigenvalue weighted by atomic mass is 9.94. The van der Waals surface area contributed by atoms with Gasteiger partial charge in [0.25, 0.3) is 0 Å². The van der Waals surface area contributed by atoms with Gasteiger partial charge in [-0.1, -0.05) is 31.2 Å². The molecular formula is C18H21F2N. The second-order valence-electron chi connectivity index (χ2n) is 5.37. The molecule has 2 aromatic rings. The minimum Gasteiger partial charge on any atom is -0.306 e. The van der Waals surface area contributed by atoms with E-state index in [1.54, 1.807) is 0 Å². The quantitative estimate of drug-likeness (QED) is 0.843. The summed E-state index contributed by atoms with van der Waals surface area (Å²) in [5.41, 5.74) is 3.26. The molecule has 0 aromatic heterocycles. The molecule has 1 atom stereocenters. The fourth-order valence-electron chi connectivity index (χ4n) is 2.41. The smallest absolute Gasteiger partial charge is 0.131 e. The highest BCUT2D eigenvalue weighted by atomic mass is 19.1. The van der Waals surface area contributed by atoms with Gasteiger partial charge >= 0.3 is 0 Å². The minimum atomic E-state index is -0.512. The summed E-state index contributed by atoms with van der Waals surface area (Å²) >= 11 is 0. The Morgan fingerprint density at radius 1 is 1.00 bits per heavy atom. The fourth-order valence-corrected chi connectivity index (χ4v) is 2.41. The minimum absolute atomic E-state index is 0.0919. The van der Waals surface area contributed by atoms with Gasteiger partial charge in [0.05, 0.1) is 6.04 Å². The molecule has 0 radical (unpaired) electrons. The molecule has 0 aliphatic heterocycles. The van der Waals surface area contributed by atoms with Crippen LogP contribution in [0.1, 0.15) is 41.6 Å². The van der Waals surface area contributed by atoms with E-state index in [1.165, 1.54) is 23.8 Å². The monoisotopic (exact) mass is 289 g/mol. The van der Waals surface area contributed by atoms with Crippen molar-refractivity contribution in [3.05, 3.63) is 70.3 Å². The summed E-state index contributed by atoms with van der Waals surface area (Å²) in [6, 6.07) is 9.46.